The quantitative estimate of drug-likeness (QED) is 0.0293. The van der Waals surface area contributed by atoms with Gasteiger partial charge in [0.25, 0.3) is 0 Å². The first-order valence-corrected chi connectivity index (χ1v) is 40.0. The monoisotopic (exact) mass is 1520 g/mol. The van der Waals surface area contributed by atoms with Gasteiger partial charge in [0.05, 0.1) is 29.8 Å². The molecule has 3 atom stereocenters. The highest BCUT2D eigenvalue weighted by Crippen LogP contribution is 2.47. The van der Waals surface area contributed by atoms with Gasteiger partial charge in [-0.1, -0.05) is 167 Å². The summed E-state index contributed by atoms with van der Waals surface area (Å²) in [6.45, 7) is 1.29. The second kappa shape index (κ2) is 39.1. The lowest BCUT2D eigenvalue weighted by Gasteiger charge is -2.25. The Morgan fingerprint density at radius 2 is 0.595 bits per heavy atom. The van der Waals surface area contributed by atoms with Crippen LogP contribution in [0.15, 0.2) is 267 Å². The average molecular weight is 1520 g/mol. The van der Waals surface area contributed by atoms with Crippen LogP contribution in [0.1, 0.15) is 198 Å². The maximum atomic E-state index is 12.6. The molecule has 3 aromatic heterocycles. The van der Waals surface area contributed by atoms with E-state index in [1.165, 1.54) is 130 Å². The molecule has 4 aliphatic carbocycles. The van der Waals surface area contributed by atoms with Crippen LogP contribution < -0.4 is 18.4 Å². The van der Waals surface area contributed by atoms with E-state index in [-0.39, 0.29) is 17.6 Å². The summed E-state index contributed by atoms with van der Waals surface area (Å²) in [5.41, 5.74) is 7.37. The van der Waals surface area contributed by atoms with Crippen molar-refractivity contribution < 1.29 is 64.8 Å². The van der Waals surface area contributed by atoms with Gasteiger partial charge in [-0.15, -0.1) is 0 Å². The molecule has 3 unspecified atom stereocenters. The third-order valence-corrected chi connectivity index (χ3v) is 22.7. The largest absolute Gasteiger partial charge is 0.534 e. The summed E-state index contributed by atoms with van der Waals surface area (Å²) >= 11 is 0. The number of halogens is 3. The fourth-order valence-electron chi connectivity index (χ4n) is 16.2. The Morgan fingerprint density at radius 1 is 0.360 bits per heavy atom. The molecule has 576 valence electrons. The van der Waals surface area contributed by atoms with Crippen molar-refractivity contribution in [2.24, 2.45) is 23.7 Å². The van der Waals surface area contributed by atoms with E-state index in [0.717, 1.165) is 65.4 Å². The van der Waals surface area contributed by atoms with Crippen molar-refractivity contribution in [1.29, 1.82) is 0 Å². The average Bonchev–Trinajstić information content (AvgIpc) is 1.78. The molecule has 0 bridgehead atoms. The van der Waals surface area contributed by atoms with Crippen molar-refractivity contribution in [2.45, 2.75) is 152 Å². The van der Waals surface area contributed by atoms with Crippen molar-refractivity contribution >= 4 is 16.1 Å². The number of methoxy groups -OCH3 is 1. The SMILES string of the molecule is COC(=O)c1ccc(C(c2ccc(OCc3ccccn3)cc2)C2CCCC2)cc1.O=S(=O)(Oc1ccc(C(c2ccc(OCc3ccccn3)cc2)C2CCCC2)cc1)C(F)(F)F.Oc1ccc(C(c2ccc(O)cc2)C2CCCC2)cc1.Oc1ccc(C(c2ccc(OCc3ccccn3)cc2)C2CCCC2)cc1. The second-order valence-electron chi connectivity index (χ2n) is 29.1. The summed E-state index contributed by atoms with van der Waals surface area (Å²) in [5, 5.41) is 28.6. The summed E-state index contributed by atoms with van der Waals surface area (Å²) in [6, 6.07) is 78.5. The van der Waals surface area contributed by atoms with Gasteiger partial charge < -0.3 is 38.5 Å². The number of ether oxygens (including phenoxy) is 4. The summed E-state index contributed by atoms with van der Waals surface area (Å²) in [5.74, 6) is 6.09. The van der Waals surface area contributed by atoms with Gasteiger partial charge in [-0.05, 0) is 253 Å². The van der Waals surface area contributed by atoms with Gasteiger partial charge >= 0.3 is 21.6 Å². The summed E-state index contributed by atoms with van der Waals surface area (Å²) in [4.78, 5) is 24.6. The number of benzene rings is 8. The topological polar surface area (TPSA) is 197 Å². The van der Waals surface area contributed by atoms with Crippen LogP contribution in [-0.2, 0) is 34.7 Å². The highest BCUT2D eigenvalue weighted by Gasteiger charge is 2.48. The van der Waals surface area contributed by atoms with Crippen molar-refractivity contribution in [1.82, 2.24) is 15.0 Å². The zero-order valence-electron chi connectivity index (χ0n) is 62.4. The minimum atomic E-state index is -5.70. The van der Waals surface area contributed by atoms with E-state index in [9.17, 15) is 41.7 Å². The van der Waals surface area contributed by atoms with E-state index in [2.05, 4.69) is 79.8 Å². The number of carbonyl (C=O) groups excluding carboxylic acids is 1. The number of aromatic nitrogens is 3. The van der Waals surface area contributed by atoms with Crippen molar-refractivity contribution in [3.8, 4) is 40.2 Å². The van der Waals surface area contributed by atoms with Crippen LogP contribution in [0, 0.1) is 23.7 Å². The molecular formula is C93H96F3N3O11S. The van der Waals surface area contributed by atoms with E-state index in [4.69, 9.17) is 18.9 Å². The van der Waals surface area contributed by atoms with Gasteiger partial charge in [-0.25, -0.2) is 4.79 Å². The number of aromatic hydroxyl groups is 3. The number of hydrogen-bond acceptors (Lipinski definition) is 14. The number of nitrogens with zero attached hydrogens (tertiary/aromatic N) is 3. The van der Waals surface area contributed by atoms with E-state index in [1.807, 2.05) is 127 Å². The minimum absolute atomic E-state index is 0.0283. The molecule has 3 N–H and O–H groups in total. The van der Waals surface area contributed by atoms with Crippen LogP contribution >= 0.6 is 0 Å². The maximum absolute atomic E-state index is 12.6. The zero-order valence-corrected chi connectivity index (χ0v) is 63.3. The lowest BCUT2D eigenvalue weighted by molar-refractivity contribution is -0.0500. The van der Waals surface area contributed by atoms with Crippen LogP contribution in [0.2, 0.25) is 0 Å². The van der Waals surface area contributed by atoms with Crippen LogP contribution in [0.3, 0.4) is 0 Å². The third kappa shape index (κ3) is 22.4. The number of carbonyl (C=O) groups is 1. The van der Waals surface area contributed by atoms with Crippen LogP contribution in [0.25, 0.3) is 0 Å². The van der Waals surface area contributed by atoms with Crippen LogP contribution in [-0.4, -0.2) is 57.3 Å². The number of phenolic OH excluding ortho intramolecular Hbond substituents is 3. The summed E-state index contributed by atoms with van der Waals surface area (Å²) < 4.78 is 87.1. The van der Waals surface area contributed by atoms with E-state index < -0.39 is 15.6 Å². The lowest BCUT2D eigenvalue weighted by Crippen LogP contribution is -2.28. The van der Waals surface area contributed by atoms with E-state index >= 15 is 0 Å². The molecule has 11 aromatic rings. The van der Waals surface area contributed by atoms with Gasteiger partial charge in [0.2, 0.25) is 0 Å². The van der Waals surface area contributed by atoms with E-state index in [1.54, 1.807) is 67.1 Å². The van der Waals surface area contributed by atoms with E-state index in [0.29, 0.717) is 89.8 Å². The van der Waals surface area contributed by atoms with Gasteiger partial charge in [0, 0.05) is 42.3 Å². The summed E-state index contributed by atoms with van der Waals surface area (Å²) in [7, 11) is -4.29. The molecule has 111 heavy (non-hydrogen) atoms. The third-order valence-electron chi connectivity index (χ3n) is 21.7. The number of alkyl halides is 3. The molecule has 0 aliphatic heterocycles. The molecule has 4 saturated carbocycles. The highest BCUT2D eigenvalue weighted by molar-refractivity contribution is 7.88. The summed E-state index contributed by atoms with van der Waals surface area (Å²) in [6.07, 6.45) is 24.9. The van der Waals surface area contributed by atoms with Gasteiger partial charge in [-0.3, -0.25) is 15.0 Å². The predicted octanol–water partition coefficient (Wildman–Crippen LogP) is 22.1. The zero-order chi connectivity index (χ0) is 77.4. The molecule has 15 rings (SSSR count). The molecule has 8 aromatic carbocycles. The number of pyridine rings is 3. The minimum Gasteiger partial charge on any atom is -0.508 e. The smallest absolute Gasteiger partial charge is 0.508 e. The van der Waals surface area contributed by atoms with Crippen LogP contribution in [0.4, 0.5) is 13.2 Å². The maximum Gasteiger partial charge on any atom is 0.534 e. The standard InChI is InChI=1S/C26H27NO3.C25H24F3NO4S.C24H25NO2.C18H20O2/c1-29-26(28)22-11-9-20(10-12-22)25(19-6-2-3-7-19)21-13-15-24(16-14-21)30-18-23-8-4-5-17-27-23;26-25(27,28)34(30,31)33-23-14-10-20(11-15-23)24(18-5-1-2-6-18)19-8-12-22(13-9-19)32-17-21-7-3-4-16-29-21;26-22-12-8-19(9-13-22)24(18-5-1-2-6-18)20-10-14-23(15-11-20)27-17-21-7-3-4-16-25-21;19-16-9-5-14(6-10-16)18(13-3-1-2-4-13)15-7-11-17(20)12-8-15/h4-5,8-17,19,25H,2-3,6-7,18H2,1H3;3-4,7-16,18,24H,1-2,5-6,17H2;3-4,7-16,18,24,26H,1-2,5-6,17H2;5-13,18-20H,1-4H2. The predicted molar refractivity (Wildman–Crippen MR) is 424 cm³/mol. The molecule has 0 spiro atoms. The Morgan fingerprint density at radius 3 is 0.820 bits per heavy atom. The van der Waals surface area contributed by atoms with Crippen LogP contribution in [0.5, 0.6) is 40.2 Å². The Labute approximate surface area is 649 Å². The number of rotatable bonds is 24. The normalized spacial score (nSPS) is 15.5. The second-order valence-corrected chi connectivity index (χ2v) is 30.6. The molecule has 14 nitrogen and oxygen atoms in total. The Balaban J connectivity index is 0.000000140. The molecule has 4 aliphatic rings. The highest BCUT2D eigenvalue weighted by atomic mass is 32.2. The van der Waals surface area contributed by atoms with Crippen molar-refractivity contribution in [3.05, 3.63) is 334 Å². The number of hydrogen-bond donors (Lipinski definition) is 3. The Bertz CT molecular complexity index is 4680. The fraction of sp³-hybridized carbons (Fsp3) is 0.312. The van der Waals surface area contributed by atoms with Gasteiger partial charge in [0.15, 0.2) is 0 Å². The van der Waals surface area contributed by atoms with Crippen molar-refractivity contribution in [3.63, 3.8) is 0 Å². The first-order chi connectivity index (χ1) is 54.0. The Hall–Kier alpha value is -11.0. The van der Waals surface area contributed by atoms with Gasteiger partial charge in [0.1, 0.15) is 60.1 Å². The lowest BCUT2D eigenvalue weighted by atomic mass is 9.79. The molecule has 3 heterocycles. The molecule has 0 amide bonds. The van der Waals surface area contributed by atoms with Crippen molar-refractivity contribution in [2.75, 3.05) is 7.11 Å². The molecule has 0 radical (unpaired) electrons. The van der Waals surface area contributed by atoms with Gasteiger partial charge in [-0.2, -0.15) is 21.6 Å². The molecule has 4 fully saturated rings. The first kappa shape index (κ1) is 79.6. The first-order valence-electron chi connectivity index (χ1n) is 38.5. The molecule has 18 heteroatoms. The fourth-order valence-corrected chi connectivity index (χ4v) is 16.7. The molecule has 0 saturated heterocycles. The number of phenols is 3. The number of esters is 1. The Kier molecular flexibility index (Phi) is 28.0. The molecular weight excluding hydrogens is 1420 g/mol.